The van der Waals surface area contributed by atoms with E-state index in [4.69, 9.17) is 0 Å². The van der Waals surface area contributed by atoms with E-state index in [1.54, 1.807) is 0 Å². The Morgan fingerprint density at radius 1 is 1.19 bits per heavy atom. The highest BCUT2D eigenvalue weighted by atomic mass is 14.0. The molecule has 0 amide bonds. The van der Waals surface area contributed by atoms with Gasteiger partial charge in [-0.25, -0.2) is 0 Å². The van der Waals surface area contributed by atoms with Gasteiger partial charge in [-0.05, 0) is 37.7 Å². The molecule has 0 rings (SSSR count). The first kappa shape index (κ1) is 15.2. The lowest BCUT2D eigenvalue weighted by molar-refractivity contribution is 0.661. The van der Waals surface area contributed by atoms with E-state index in [-0.39, 0.29) is 0 Å². The molecule has 92 valence electrons. The largest absolute Gasteiger partial charge is 0.0913 e. The van der Waals surface area contributed by atoms with E-state index < -0.39 is 0 Å². The van der Waals surface area contributed by atoms with Crippen LogP contribution in [0.2, 0.25) is 0 Å². The average molecular weight is 220 g/mol. The average Bonchev–Trinajstić information content (AvgIpc) is 2.26. The van der Waals surface area contributed by atoms with Crippen molar-refractivity contribution in [2.75, 3.05) is 0 Å². The Balaban J connectivity index is 4.18. The molecule has 0 heterocycles. The summed E-state index contributed by atoms with van der Waals surface area (Å²) < 4.78 is 0. The monoisotopic (exact) mass is 220 g/mol. The van der Waals surface area contributed by atoms with Crippen LogP contribution in [-0.2, 0) is 0 Å². The second-order valence-electron chi connectivity index (χ2n) is 4.73. The fourth-order valence-corrected chi connectivity index (χ4v) is 1.42. The standard InChI is InChI=1S/C16H28/c1-5-7-9-10-12-16(11-8-6-2)14-13-15(3)4/h6,8,10,12,14-15H,5,7,9,11,13H2,1-4H3. The molecule has 0 aromatic carbocycles. The van der Waals surface area contributed by atoms with Gasteiger partial charge in [-0.2, -0.15) is 0 Å². The van der Waals surface area contributed by atoms with Gasteiger partial charge in [-0.1, -0.05) is 64.0 Å². The van der Waals surface area contributed by atoms with Crippen molar-refractivity contribution in [3.8, 4) is 0 Å². The topological polar surface area (TPSA) is 0 Å². The lowest BCUT2D eigenvalue weighted by Gasteiger charge is -2.02. The summed E-state index contributed by atoms with van der Waals surface area (Å²) in [5, 5.41) is 0. The zero-order valence-corrected chi connectivity index (χ0v) is 11.5. The van der Waals surface area contributed by atoms with Crippen LogP contribution in [0.5, 0.6) is 0 Å². The van der Waals surface area contributed by atoms with E-state index in [2.05, 4.69) is 58.1 Å². The summed E-state index contributed by atoms with van der Waals surface area (Å²) in [7, 11) is 0. The van der Waals surface area contributed by atoms with E-state index in [1.165, 1.54) is 31.3 Å². The first-order valence-electron chi connectivity index (χ1n) is 6.67. The molecule has 0 bridgehead atoms. The van der Waals surface area contributed by atoms with Gasteiger partial charge in [0.2, 0.25) is 0 Å². The fraction of sp³-hybridized carbons (Fsp3) is 0.625. The summed E-state index contributed by atoms with van der Waals surface area (Å²) in [5.41, 5.74) is 1.46. The Hall–Kier alpha value is -0.780. The van der Waals surface area contributed by atoms with Crippen molar-refractivity contribution in [3.63, 3.8) is 0 Å². The van der Waals surface area contributed by atoms with E-state index in [0.717, 1.165) is 12.3 Å². The Morgan fingerprint density at radius 3 is 2.50 bits per heavy atom. The highest BCUT2D eigenvalue weighted by molar-refractivity contribution is 5.21. The van der Waals surface area contributed by atoms with Crippen molar-refractivity contribution in [1.82, 2.24) is 0 Å². The van der Waals surface area contributed by atoms with Crippen LogP contribution in [0.15, 0.2) is 36.0 Å². The predicted molar refractivity (Wildman–Crippen MR) is 75.6 cm³/mol. The van der Waals surface area contributed by atoms with Gasteiger partial charge >= 0.3 is 0 Å². The Morgan fingerprint density at radius 2 is 1.94 bits per heavy atom. The Bertz CT molecular complexity index is 228. The van der Waals surface area contributed by atoms with E-state index in [0.29, 0.717) is 0 Å². The number of hydrogen-bond donors (Lipinski definition) is 0. The van der Waals surface area contributed by atoms with Crippen molar-refractivity contribution in [1.29, 1.82) is 0 Å². The maximum Gasteiger partial charge on any atom is -0.0101 e. The highest BCUT2D eigenvalue weighted by Gasteiger charge is 1.93. The van der Waals surface area contributed by atoms with Crippen molar-refractivity contribution >= 4 is 0 Å². The maximum absolute atomic E-state index is 2.38. The van der Waals surface area contributed by atoms with E-state index >= 15 is 0 Å². The molecule has 0 atom stereocenters. The van der Waals surface area contributed by atoms with Crippen molar-refractivity contribution in [2.45, 2.75) is 59.8 Å². The van der Waals surface area contributed by atoms with Crippen molar-refractivity contribution in [3.05, 3.63) is 36.0 Å². The van der Waals surface area contributed by atoms with Gasteiger partial charge in [0.15, 0.2) is 0 Å². The second-order valence-corrected chi connectivity index (χ2v) is 4.73. The lowest BCUT2D eigenvalue weighted by Crippen LogP contribution is -1.85. The molecule has 0 heteroatoms. The molecule has 0 fully saturated rings. The van der Waals surface area contributed by atoms with Gasteiger partial charge in [0.25, 0.3) is 0 Å². The summed E-state index contributed by atoms with van der Waals surface area (Å²) in [6.07, 6.45) is 17.4. The van der Waals surface area contributed by atoms with Crippen LogP contribution in [0.25, 0.3) is 0 Å². The van der Waals surface area contributed by atoms with Gasteiger partial charge in [0, 0.05) is 0 Å². The van der Waals surface area contributed by atoms with Gasteiger partial charge in [-0.15, -0.1) is 0 Å². The summed E-state index contributed by atoms with van der Waals surface area (Å²) in [4.78, 5) is 0. The number of rotatable bonds is 8. The van der Waals surface area contributed by atoms with Gasteiger partial charge in [0.1, 0.15) is 0 Å². The molecule has 0 aromatic heterocycles. The fourth-order valence-electron chi connectivity index (χ4n) is 1.42. The SMILES string of the molecule is CC=CCC(C=CCCCC)=CCC(C)C. The van der Waals surface area contributed by atoms with Crippen LogP contribution in [0.1, 0.15) is 59.8 Å². The Labute approximate surface area is 102 Å². The molecular formula is C16H28. The molecule has 0 aliphatic rings. The first-order valence-corrected chi connectivity index (χ1v) is 6.67. The van der Waals surface area contributed by atoms with Crippen LogP contribution in [0, 0.1) is 5.92 Å². The lowest BCUT2D eigenvalue weighted by atomic mass is 10.0. The third-order valence-corrected chi connectivity index (χ3v) is 2.50. The molecule has 0 saturated heterocycles. The molecule has 16 heavy (non-hydrogen) atoms. The highest BCUT2D eigenvalue weighted by Crippen LogP contribution is 2.11. The Kier molecular flexibility index (Phi) is 10.2. The minimum atomic E-state index is 0.754. The van der Waals surface area contributed by atoms with E-state index in [1.807, 2.05) is 0 Å². The molecule has 0 aromatic rings. The number of unbranched alkanes of at least 4 members (excludes halogenated alkanes) is 2. The molecule has 0 radical (unpaired) electrons. The summed E-state index contributed by atoms with van der Waals surface area (Å²) in [6, 6.07) is 0. The van der Waals surface area contributed by atoms with Crippen molar-refractivity contribution < 1.29 is 0 Å². The maximum atomic E-state index is 2.38. The van der Waals surface area contributed by atoms with Gasteiger partial charge in [0.05, 0.1) is 0 Å². The van der Waals surface area contributed by atoms with Crippen LogP contribution in [-0.4, -0.2) is 0 Å². The molecule has 0 N–H and O–H groups in total. The van der Waals surface area contributed by atoms with Crippen LogP contribution < -0.4 is 0 Å². The van der Waals surface area contributed by atoms with Gasteiger partial charge < -0.3 is 0 Å². The summed E-state index contributed by atoms with van der Waals surface area (Å²) in [5.74, 6) is 0.754. The molecular weight excluding hydrogens is 192 g/mol. The third kappa shape index (κ3) is 9.76. The minimum Gasteiger partial charge on any atom is -0.0913 e. The molecule has 0 nitrogen and oxygen atoms in total. The minimum absolute atomic E-state index is 0.754. The zero-order valence-electron chi connectivity index (χ0n) is 11.5. The normalized spacial score (nSPS) is 13.4. The molecule has 0 spiro atoms. The second kappa shape index (κ2) is 10.7. The molecule has 0 aliphatic heterocycles. The smallest absolute Gasteiger partial charge is 0.0101 e. The van der Waals surface area contributed by atoms with Crippen molar-refractivity contribution in [2.24, 2.45) is 5.92 Å². The first-order chi connectivity index (χ1) is 7.70. The summed E-state index contributed by atoms with van der Waals surface area (Å²) >= 11 is 0. The quantitative estimate of drug-likeness (QED) is 0.281. The summed E-state index contributed by atoms with van der Waals surface area (Å²) in [6.45, 7) is 8.86. The molecule has 0 aliphatic carbocycles. The number of hydrogen-bond acceptors (Lipinski definition) is 0. The van der Waals surface area contributed by atoms with Crippen LogP contribution in [0.4, 0.5) is 0 Å². The van der Waals surface area contributed by atoms with Crippen LogP contribution in [0.3, 0.4) is 0 Å². The van der Waals surface area contributed by atoms with Crippen LogP contribution >= 0.6 is 0 Å². The zero-order chi connectivity index (χ0) is 12.2. The molecule has 0 saturated carbocycles. The predicted octanol–water partition coefficient (Wildman–Crippen LogP) is 5.67. The third-order valence-electron chi connectivity index (χ3n) is 2.50. The van der Waals surface area contributed by atoms with Gasteiger partial charge in [-0.3, -0.25) is 0 Å². The molecule has 0 unspecified atom stereocenters. The number of allylic oxidation sites excluding steroid dienone is 6. The van der Waals surface area contributed by atoms with E-state index in [9.17, 15) is 0 Å².